The fourth-order valence-electron chi connectivity index (χ4n) is 0.669. The summed E-state index contributed by atoms with van der Waals surface area (Å²) in [6.45, 7) is 9.52. The molecule has 1 N–H and O–H groups in total. The average molecular weight is 185 g/mol. The molecular weight excluding hydrogens is 166 g/mol. The predicted octanol–water partition coefficient (Wildman–Crippen LogP) is 2.19. The molecule has 0 rings (SSSR count). The molecule has 0 unspecified atom stereocenters. The van der Waals surface area contributed by atoms with Crippen LogP contribution in [-0.4, -0.2) is 11.5 Å². The minimum absolute atomic E-state index is 0.206. The van der Waals surface area contributed by atoms with Crippen LogP contribution in [0.4, 0.5) is 0 Å². The van der Waals surface area contributed by atoms with E-state index >= 15 is 0 Å². The van der Waals surface area contributed by atoms with Crippen LogP contribution >= 0.6 is 0 Å². The minimum Gasteiger partial charge on any atom is -0.366 e. The number of nitrogens with one attached hydrogen (secondary N) is 1. The molecule has 0 spiro atoms. The zero-order valence-electron chi connectivity index (χ0n) is 9.10. The van der Waals surface area contributed by atoms with E-state index in [4.69, 9.17) is 4.84 Å². The fourth-order valence-corrected chi connectivity index (χ4v) is 0.669. The van der Waals surface area contributed by atoms with Crippen molar-refractivity contribution in [2.45, 2.75) is 46.6 Å². The standard InChI is InChI=1S/C10H19NO2/c1-6-7-8(2)9(12)13-11-10(3,4)5/h7,11H,6H2,1-5H3. The summed E-state index contributed by atoms with van der Waals surface area (Å²) >= 11 is 0. The van der Waals surface area contributed by atoms with Crippen molar-refractivity contribution < 1.29 is 9.63 Å². The van der Waals surface area contributed by atoms with Crippen molar-refractivity contribution in [3.05, 3.63) is 11.6 Å². The Balaban J connectivity index is 3.96. The van der Waals surface area contributed by atoms with Gasteiger partial charge in [-0.2, -0.15) is 0 Å². The van der Waals surface area contributed by atoms with Gasteiger partial charge >= 0.3 is 5.97 Å². The molecule has 0 aliphatic heterocycles. The molecule has 0 bridgehead atoms. The van der Waals surface area contributed by atoms with Crippen LogP contribution in [0.1, 0.15) is 41.0 Å². The van der Waals surface area contributed by atoms with Gasteiger partial charge in [0.1, 0.15) is 0 Å². The summed E-state index contributed by atoms with van der Waals surface area (Å²) in [5.74, 6) is -0.309. The van der Waals surface area contributed by atoms with Crippen molar-refractivity contribution in [3.63, 3.8) is 0 Å². The quantitative estimate of drug-likeness (QED) is 0.541. The zero-order chi connectivity index (χ0) is 10.5. The highest BCUT2D eigenvalue weighted by atomic mass is 16.7. The molecule has 3 heteroatoms. The lowest BCUT2D eigenvalue weighted by molar-refractivity contribution is -0.150. The van der Waals surface area contributed by atoms with E-state index in [0.29, 0.717) is 5.57 Å². The molecular formula is C10H19NO2. The van der Waals surface area contributed by atoms with Crippen LogP contribution in [0.15, 0.2) is 11.6 Å². The second kappa shape index (κ2) is 5.02. The Morgan fingerprint density at radius 2 is 2.00 bits per heavy atom. The first kappa shape index (κ1) is 12.2. The van der Waals surface area contributed by atoms with E-state index < -0.39 is 0 Å². The van der Waals surface area contributed by atoms with Gasteiger partial charge in [0.15, 0.2) is 0 Å². The molecule has 0 heterocycles. The second-order valence-corrected chi connectivity index (χ2v) is 4.04. The van der Waals surface area contributed by atoms with Crippen molar-refractivity contribution in [1.82, 2.24) is 5.48 Å². The van der Waals surface area contributed by atoms with E-state index in [-0.39, 0.29) is 11.5 Å². The number of hydrogen-bond donors (Lipinski definition) is 1. The maximum absolute atomic E-state index is 11.2. The Morgan fingerprint density at radius 1 is 1.46 bits per heavy atom. The van der Waals surface area contributed by atoms with Crippen LogP contribution in [0.2, 0.25) is 0 Å². The van der Waals surface area contributed by atoms with Crippen molar-refractivity contribution in [2.75, 3.05) is 0 Å². The third-order valence-electron chi connectivity index (χ3n) is 1.28. The van der Waals surface area contributed by atoms with Crippen LogP contribution in [-0.2, 0) is 9.63 Å². The maximum atomic E-state index is 11.2. The Morgan fingerprint density at radius 3 is 2.38 bits per heavy atom. The fraction of sp³-hybridized carbons (Fsp3) is 0.700. The van der Waals surface area contributed by atoms with Crippen molar-refractivity contribution >= 4 is 5.97 Å². The van der Waals surface area contributed by atoms with Gasteiger partial charge in [-0.15, -0.1) is 5.48 Å². The molecule has 3 nitrogen and oxygen atoms in total. The molecule has 0 saturated heterocycles. The number of allylic oxidation sites excluding steroid dienone is 1. The number of hydroxylamine groups is 1. The Bertz CT molecular complexity index is 201. The summed E-state index contributed by atoms with van der Waals surface area (Å²) in [4.78, 5) is 16.1. The minimum atomic E-state index is -0.309. The summed E-state index contributed by atoms with van der Waals surface area (Å²) in [6.07, 6.45) is 2.68. The maximum Gasteiger partial charge on any atom is 0.352 e. The smallest absolute Gasteiger partial charge is 0.352 e. The van der Waals surface area contributed by atoms with Gasteiger partial charge in [-0.05, 0) is 34.1 Å². The van der Waals surface area contributed by atoms with E-state index in [1.165, 1.54) is 0 Å². The van der Waals surface area contributed by atoms with Crippen LogP contribution < -0.4 is 5.48 Å². The summed E-state index contributed by atoms with van der Waals surface area (Å²) < 4.78 is 0. The SMILES string of the molecule is CCC=C(C)C(=O)ONC(C)(C)C. The monoisotopic (exact) mass is 185 g/mol. The molecule has 76 valence electrons. The zero-order valence-corrected chi connectivity index (χ0v) is 9.10. The van der Waals surface area contributed by atoms with E-state index in [2.05, 4.69) is 5.48 Å². The van der Waals surface area contributed by atoms with Crippen LogP contribution in [0.3, 0.4) is 0 Å². The predicted molar refractivity (Wildman–Crippen MR) is 53.0 cm³/mol. The number of carbonyl (C=O) groups is 1. The van der Waals surface area contributed by atoms with Gasteiger partial charge in [-0.3, -0.25) is 0 Å². The molecule has 0 saturated carbocycles. The van der Waals surface area contributed by atoms with E-state index in [1.54, 1.807) is 6.92 Å². The molecule has 0 aromatic heterocycles. The molecule has 0 aromatic rings. The molecule has 0 atom stereocenters. The number of hydrogen-bond acceptors (Lipinski definition) is 3. The molecule has 13 heavy (non-hydrogen) atoms. The van der Waals surface area contributed by atoms with Gasteiger partial charge in [0.25, 0.3) is 0 Å². The van der Waals surface area contributed by atoms with E-state index in [1.807, 2.05) is 33.8 Å². The molecule has 0 aliphatic rings. The summed E-state index contributed by atoms with van der Waals surface area (Å²) in [7, 11) is 0. The lowest BCUT2D eigenvalue weighted by Crippen LogP contribution is -2.37. The lowest BCUT2D eigenvalue weighted by atomic mass is 10.1. The molecule has 0 amide bonds. The Labute approximate surface area is 80.1 Å². The van der Waals surface area contributed by atoms with E-state index in [0.717, 1.165) is 6.42 Å². The highest BCUT2D eigenvalue weighted by Crippen LogP contribution is 2.01. The van der Waals surface area contributed by atoms with Crippen molar-refractivity contribution in [3.8, 4) is 0 Å². The van der Waals surface area contributed by atoms with Crippen LogP contribution in [0.5, 0.6) is 0 Å². The first-order valence-electron chi connectivity index (χ1n) is 4.52. The van der Waals surface area contributed by atoms with Crippen LogP contribution in [0, 0.1) is 0 Å². The summed E-state index contributed by atoms with van der Waals surface area (Å²) in [6, 6.07) is 0. The summed E-state index contributed by atoms with van der Waals surface area (Å²) in [5.41, 5.74) is 3.10. The van der Waals surface area contributed by atoms with Gasteiger partial charge in [-0.25, -0.2) is 4.79 Å². The first-order valence-corrected chi connectivity index (χ1v) is 4.52. The third-order valence-corrected chi connectivity index (χ3v) is 1.28. The Hall–Kier alpha value is -0.830. The normalized spacial score (nSPS) is 12.8. The lowest BCUT2D eigenvalue weighted by Gasteiger charge is -2.19. The average Bonchev–Trinajstić information content (AvgIpc) is 1.99. The summed E-state index contributed by atoms with van der Waals surface area (Å²) in [5, 5.41) is 0. The molecule has 0 radical (unpaired) electrons. The number of rotatable bonds is 3. The molecule has 0 aromatic carbocycles. The van der Waals surface area contributed by atoms with Gasteiger partial charge in [0, 0.05) is 11.1 Å². The van der Waals surface area contributed by atoms with Gasteiger partial charge in [0.2, 0.25) is 0 Å². The molecule has 0 aliphatic carbocycles. The third kappa shape index (κ3) is 6.34. The van der Waals surface area contributed by atoms with Crippen molar-refractivity contribution in [2.24, 2.45) is 0 Å². The van der Waals surface area contributed by atoms with Crippen molar-refractivity contribution in [1.29, 1.82) is 0 Å². The Kier molecular flexibility index (Phi) is 4.70. The van der Waals surface area contributed by atoms with Gasteiger partial charge in [0.05, 0.1) is 0 Å². The topological polar surface area (TPSA) is 38.3 Å². The largest absolute Gasteiger partial charge is 0.366 e. The molecule has 0 fully saturated rings. The van der Waals surface area contributed by atoms with Gasteiger partial charge in [-0.1, -0.05) is 13.0 Å². The van der Waals surface area contributed by atoms with Crippen LogP contribution in [0.25, 0.3) is 0 Å². The van der Waals surface area contributed by atoms with Gasteiger partial charge < -0.3 is 4.84 Å². The highest BCUT2D eigenvalue weighted by Gasteiger charge is 2.13. The second-order valence-electron chi connectivity index (χ2n) is 4.04. The number of carbonyl (C=O) groups excluding carboxylic acids is 1. The highest BCUT2D eigenvalue weighted by molar-refractivity contribution is 5.87. The first-order chi connectivity index (χ1) is 5.87. The van der Waals surface area contributed by atoms with E-state index in [9.17, 15) is 4.79 Å².